The van der Waals surface area contributed by atoms with Gasteiger partial charge in [-0.2, -0.15) is 13.2 Å². The maximum Gasteiger partial charge on any atom is 0.416 e. The minimum atomic E-state index is -4.54. The molecular formula is C19H16F3NO5. The highest BCUT2D eigenvalue weighted by Gasteiger charge is 2.32. The number of ether oxygens (including phenoxy) is 2. The van der Waals surface area contributed by atoms with Crippen LogP contribution in [0.15, 0.2) is 48.5 Å². The van der Waals surface area contributed by atoms with Gasteiger partial charge in [-0.15, -0.1) is 0 Å². The lowest BCUT2D eigenvalue weighted by Crippen LogP contribution is -2.29. The number of carbonyl (C=O) groups is 3. The summed E-state index contributed by atoms with van der Waals surface area (Å²) in [7, 11) is 1.19. The third-order valence-corrected chi connectivity index (χ3v) is 3.65. The van der Waals surface area contributed by atoms with E-state index in [0.29, 0.717) is 0 Å². The predicted octanol–water partition coefficient (Wildman–Crippen LogP) is 2.97. The maximum absolute atomic E-state index is 12.9. The van der Waals surface area contributed by atoms with Crippen molar-refractivity contribution < 1.29 is 37.0 Å². The molecule has 28 heavy (non-hydrogen) atoms. The second-order valence-electron chi connectivity index (χ2n) is 5.58. The molecule has 0 saturated carbocycles. The van der Waals surface area contributed by atoms with Gasteiger partial charge in [0, 0.05) is 6.54 Å². The van der Waals surface area contributed by atoms with E-state index in [9.17, 15) is 27.6 Å². The van der Waals surface area contributed by atoms with Gasteiger partial charge < -0.3 is 14.8 Å². The highest BCUT2D eigenvalue weighted by Crippen LogP contribution is 2.31. The van der Waals surface area contributed by atoms with E-state index in [-0.39, 0.29) is 23.2 Å². The zero-order chi connectivity index (χ0) is 20.7. The average Bonchev–Trinajstić information content (AvgIpc) is 2.69. The van der Waals surface area contributed by atoms with Gasteiger partial charge in [0.1, 0.15) is 0 Å². The van der Waals surface area contributed by atoms with E-state index >= 15 is 0 Å². The van der Waals surface area contributed by atoms with E-state index < -0.39 is 36.2 Å². The lowest BCUT2D eigenvalue weighted by molar-refractivity contribution is -0.138. The van der Waals surface area contributed by atoms with Crippen molar-refractivity contribution in [1.29, 1.82) is 0 Å². The smallest absolute Gasteiger partial charge is 0.416 e. The van der Waals surface area contributed by atoms with Crippen molar-refractivity contribution in [2.75, 3.05) is 13.7 Å². The van der Waals surface area contributed by atoms with E-state index in [0.717, 1.165) is 6.07 Å². The lowest BCUT2D eigenvalue weighted by Gasteiger charge is -2.13. The van der Waals surface area contributed by atoms with Gasteiger partial charge in [0.25, 0.3) is 5.91 Å². The van der Waals surface area contributed by atoms with Gasteiger partial charge in [-0.1, -0.05) is 24.3 Å². The van der Waals surface area contributed by atoms with E-state index in [1.54, 1.807) is 0 Å². The van der Waals surface area contributed by atoms with Crippen LogP contribution >= 0.6 is 0 Å². The molecule has 0 unspecified atom stereocenters. The van der Waals surface area contributed by atoms with Gasteiger partial charge in [-0.3, -0.25) is 4.79 Å². The van der Waals surface area contributed by atoms with Crippen LogP contribution in [0, 0.1) is 0 Å². The Kier molecular flexibility index (Phi) is 6.75. The van der Waals surface area contributed by atoms with Gasteiger partial charge >= 0.3 is 18.1 Å². The first-order valence-corrected chi connectivity index (χ1v) is 7.99. The minimum absolute atomic E-state index is 0.0260. The summed E-state index contributed by atoms with van der Waals surface area (Å²) >= 11 is 0. The van der Waals surface area contributed by atoms with Crippen LogP contribution in [0.4, 0.5) is 13.2 Å². The summed E-state index contributed by atoms with van der Waals surface area (Å²) in [6, 6.07) is 10.3. The number of methoxy groups -OCH3 is 1. The van der Waals surface area contributed by atoms with E-state index in [1.165, 1.54) is 49.6 Å². The van der Waals surface area contributed by atoms with Crippen molar-refractivity contribution in [2.45, 2.75) is 12.7 Å². The molecule has 0 fully saturated rings. The van der Waals surface area contributed by atoms with Crippen molar-refractivity contribution in [3.8, 4) is 0 Å². The molecule has 2 aromatic carbocycles. The average molecular weight is 395 g/mol. The molecule has 2 aromatic rings. The molecule has 0 aromatic heterocycles. The topological polar surface area (TPSA) is 81.7 Å². The summed E-state index contributed by atoms with van der Waals surface area (Å²) in [5.74, 6) is -2.28. The van der Waals surface area contributed by atoms with E-state index in [2.05, 4.69) is 10.1 Å². The molecule has 6 nitrogen and oxygen atoms in total. The largest absolute Gasteiger partial charge is 0.465 e. The molecule has 0 aliphatic carbocycles. The van der Waals surface area contributed by atoms with Crippen molar-refractivity contribution in [1.82, 2.24) is 5.32 Å². The van der Waals surface area contributed by atoms with Crippen LogP contribution in [0.3, 0.4) is 0 Å². The van der Waals surface area contributed by atoms with Crippen LogP contribution < -0.4 is 5.32 Å². The normalized spacial score (nSPS) is 10.9. The molecule has 0 radical (unpaired) electrons. The summed E-state index contributed by atoms with van der Waals surface area (Å²) in [5.41, 5.74) is -0.810. The van der Waals surface area contributed by atoms with Crippen molar-refractivity contribution in [3.63, 3.8) is 0 Å². The van der Waals surface area contributed by atoms with Crippen molar-refractivity contribution in [3.05, 3.63) is 70.8 Å². The second kappa shape index (κ2) is 9.03. The number of hydrogen-bond donors (Lipinski definition) is 1. The first-order valence-electron chi connectivity index (χ1n) is 7.99. The van der Waals surface area contributed by atoms with Crippen LogP contribution in [0.2, 0.25) is 0 Å². The van der Waals surface area contributed by atoms with Crippen LogP contribution in [-0.2, 0) is 27.0 Å². The van der Waals surface area contributed by atoms with Crippen LogP contribution in [-0.4, -0.2) is 31.6 Å². The molecule has 0 aliphatic heterocycles. The third kappa shape index (κ3) is 5.57. The van der Waals surface area contributed by atoms with Crippen molar-refractivity contribution in [2.24, 2.45) is 0 Å². The Morgan fingerprint density at radius 2 is 1.61 bits per heavy atom. The Morgan fingerprint density at radius 3 is 2.25 bits per heavy atom. The Morgan fingerprint density at radius 1 is 0.964 bits per heavy atom. The zero-order valence-corrected chi connectivity index (χ0v) is 14.7. The quantitative estimate of drug-likeness (QED) is 0.761. The number of rotatable bonds is 6. The summed E-state index contributed by atoms with van der Waals surface area (Å²) in [4.78, 5) is 35.2. The molecule has 0 spiro atoms. The molecule has 0 heterocycles. The van der Waals surface area contributed by atoms with Gasteiger partial charge in [0.15, 0.2) is 6.61 Å². The number of hydrogen-bond acceptors (Lipinski definition) is 5. The number of halogens is 3. The van der Waals surface area contributed by atoms with Gasteiger partial charge in [-0.25, -0.2) is 9.59 Å². The molecule has 1 amide bonds. The number of alkyl halides is 3. The molecule has 0 atom stereocenters. The first kappa shape index (κ1) is 20.9. The molecule has 0 aliphatic rings. The van der Waals surface area contributed by atoms with Gasteiger partial charge in [0.05, 0.1) is 23.8 Å². The standard InChI is InChI=1S/C19H16F3NO5/c1-27-17(25)12-6-4-7-13(9-12)18(26)28-11-16(24)23-10-14-5-2-3-8-15(14)19(20,21)22/h2-9H,10-11H2,1H3,(H,23,24). The van der Waals surface area contributed by atoms with Crippen LogP contribution in [0.1, 0.15) is 31.8 Å². The van der Waals surface area contributed by atoms with Crippen LogP contribution in [0.25, 0.3) is 0 Å². The Labute approximate surface area is 158 Å². The molecule has 1 N–H and O–H groups in total. The highest BCUT2D eigenvalue weighted by atomic mass is 19.4. The number of nitrogens with one attached hydrogen (secondary N) is 1. The van der Waals surface area contributed by atoms with Crippen molar-refractivity contribution >= 4 is 17.8 Å². The summed E-state index contributed by atoms with van der Waals surface area (Å²) in [6.45, 7) is -1.06. The maximum atomic E-state index is 12.9. The van der Waals surface area contributed by atoms with Gasteiger partial charge in [0.2, 0.25) is 0 Å². The number of carbonyl (C=O) groups excluding carboxylic acids is 3. The fraction of sp³-hybridized carbons (Fsp3) is 0.211. The molecule has 148 valence electrons. The second-order valence-corrected chi connectivity index (χ2v) is 5.58. The minimum Gasteiger partial charge on any atom is -0.465 e. The van der Waals surface area contributed by atoms with E-state index in [4.69, 9.17) is 4.74 Å². The predicted molar refractivity (Wildman–Crippen MR) is 91.4 cm³/mol. The van der Waals surface area contributed by atoms with Crippen LogP contribution in [0.5, 0.6) is 0 Å². The van der Waals surface area contributed by atoms with E-state index in [1.807, 2.05) is 0 Å². The Hall–Kier alpha value is -3.36. The summed E-state index contributed by atoms with van der Waals surface area (Å²) < 4.78 is 48.1. The number of amides is 1. The third-order valence-electron chi connectivity index (χ3n) is 3.65. The lowest BCUT2D eigenvalue weighted by atomic mass is 10.1. The molecule has 0 saturated heterocycles. The zero-order valence-electron chi connectivity index (χ0n) is 14.7. The molecule has 2 rings (SSSR count). The molecule has 9 heteroatoms. The molecule has 0 bridgehead atoms. The summed E-state index contributed by atoms with van der Waals surface area (Å²) in [6.07, 6.45) is -4.54. The SMILES string of the molecule is COC(=O)c1cccc(C(=O)OCC(=O)NCc2ccccc2C(F)(F)F)c1. The monoisotopic (exact) mass is 395 g/mol. The number of esters is 2. The summed E-state index contributed by atoms with van der Waals surface area (Å²) in [5, 5.41) is 2.27. The fourth-order valence-corrected chi connectivity index (χ4v) is 2.30. The Balaban J connectivity index is 1.92. The highest BCUT2D eigenvalue weighted by molar-refractivity contribution is 5.96. The number of benzene rings is 2. The fourth-order valence-electron chi connectivity index (χ4n) is 2.30. The first-order chi connectivity index (χ1) is 13.2. The molecular weight excluding hydrogens is 379 g/mol. The van der Waals surface area contributed by atoms with Gasteiger partial charge in [-0.05, 0) is 29.8 Å². The Bertz CT molecular complexity index is 880.